The maximum absolute atomic E-state index is 12.7. The maximum atomic E-state index is 12.7. The predicted octanol–water partition coefficient (Wildman–Crippen LogP) is 4.61. The van der Waals surface area contributed by atoms with Gasteiger partial charge in [-0.25, -0.2) is 4.79 Å². The molecule has 0 saturated carbocycles. The molecule has 0 unspecified atom stereocenters. The molecule has 1 atom stereocenters. The predicted molar refractivity (Wildman–Crippen MR) is 114 cm³/mol. The average molecular weight is 419 g/mol. The minimum absolute atomic E-state index is 0.292. The van der Waals surface area contributed by atoms with E-state index in [1.54, 1.807) is 19.1 Å². The summed E-state index contributed by atoms with van der Waals surface area (Å²) in [5.41, 5.74) is 9.55. The van der Waals surface area contributed by atoms with Gasteiger partial charge in [0.05, 0.1) is 28.1 Å². The van der Waals surface area contributed by atoms with Gasteiger partial charge in [0.15, 0.2) is 0 Å². The number of aryl methyl sites for hydroxylation is 1. The Labute approximate surface area is 179 Å². The molecule has 30 heavy (non-hydrogen) atoms. The first-order chi connectivity index (χ1) is 14.5. The molecule has 0 radical (unpaired) electrons. The second kappa shape index (κ2) is 8.10. The van der Waals surface area contributed by atoms with Crippen molar-refractivity contribution < 1.29 is 9.15 Å². The summed E-state index contributed by atoms with van der Waals surface area (Å²) in [5, 5.41) is 10.3. The maximum Gasteiger partial charge on any atom is 0.340 e. The molecule has 1 aliphatic carbocycles. The monoisotopic (exact) mass is 418 g/mol. The average Bonchev–Trinajstić information content (AvgIpc) is 2.72. The molecule has 150 valence electrons. The number of fused-ring (bicyclic) bond motifs is 1. The van der Waals surface area contributed by atoms with Crippen molar-refractivity contribution in [1.29, 1.82) is 5.26 Å². The van der Waals surface area contributed by atoms with Crippen LogP contribution < -0.4 is 16.1 Å². The summed E-state index contributed by atoms with van der Waals surface area (Å²) in [6.45, 7) is 2.02. The van der Waals surface area contributed by atoms with Gasteiger partial charge in [-0.15, -0.1) is 0 Å². The zero-order chi connectivity index (χ0) is 21.3. The Balaban J connectivity index is 1.73. The molecule has 3 aromatic rings. The first kappa shape index (κ1) is 19.8. The Morgan fingerprint density at radius 1 is 1.23 bits per heavy atom. The van der Waals surface area contributed by atoms with Gasteiger partial charge in [-0.3, -0.25) is 0 Å². The van der Waals surface area contributed by atoms with Crippen molar-refractivity contribution >= 4 is 11.6 Å². The van der Waals surface area contributed by atoms with Gasteiger partial charge in [0.25, 0.3) is 0 Å². The molecule has 1 heterocycles. The van der Waals surface area contributed by atoms with Gasteiger partial charge in [0.2, 0.25) is 0 Å². The number of nitrogens with two attached hydrogens (primary N) is 1. The zero-order valence-corrected chi connectivity index (χ0v) is 17.1. The smallest absolute Gasteiger partial charge is 0.340 e. The molecule has 6 heteroatoms. The number of halogens is 1. The Morgan fingerprint density at radius 3 is 2.80 bits per heavy atom. The van der Waals surface area contributed by atoms with E-state index in [0.717, 1.165) is 16.7 Å². The van der Waals surface area contributed by atoms with E-state index in [1.165, 1.54) is 0 Å². The molecule has 5 nitrogen and oxygen atoms in total. The van der Waals surface area contributed by atoms with E-state index in [-0.39, 0.29) is 0 Å². The Hall–Kier alpha value is -3.49. The molecular formula is C24H19ClN2O3. The number of para-hydroxylation sites is 1. The molecule has 0 spiro atoms. The number of hydrogen-bond donors (Lipinski definition) is 1. The lowest BCUT2D eigenvalue weighted by atomic mass is 9.77. The molecule has 2 aromatic carbocycles. The summed E-state index contributed by atoms with van der Waals surface area (Å²) in [6, 6.07) is 18.8. The molecule has 0 amide bonds. The lowest BCUT2D eigenvalue weighted by molar-refractivity contribution is 0.306. The molecular weight excluding hydrogens is 400 g/mol. The summed E-state index contributed by atoms with van der Waals surface area (Å²) < 4.78 is 11.2. The normalized spacial score (nSPS) is 15.4. The van der Waals surface area contributed by atoms with Crippen LogP contribution in [0.4, 0.5) is 0 Å². The van der Waals surface area contributed by atoms with Crippen LogP contribution in [0.15, 0.2) is 75.1 Å². The fourth-order valence-corrected chi connectivity index (χ4v) is 4.01. The quantitative estimate of drug-likeness (QED) is 0.668. The lowest BCUT2D eigenvalue weighted by Crippen LogP contribution is -2.26. The van der Waals surface area contributed by atoms with Crippen LogP contribution in [-0.2, 0) is 13.0 Å². The highest BCUT2D eigenvalue weighted by atomic mass is 35.5. The number of allylic oxidation sites excluding steroid dienone is 2. The minimum Gasteiger partial charge on any atom is -0.487 e. The summed E-state index contributed by atoms with van der Waals surface area (Å²) in [6.07, 6.45) is 0.358. The van der Waals surface area contributed by atoms with Crippen molar-refractivity contribution in [3.05, 3.63) is 109 Å². The number of ether oxygens (including phenoxy) is 1. The van der Waals surface area contributed by atoms with Crippen molar-refractivity contribution in [2.24, 2.45) is 5.73 Å². The standard InChI is InChI=1S/C24H19ClN2O3/c1-14-9-17-11-20(27)18(12-26)22(23(17)24(28)30-14)16-6-4-5-15(10-16)13-29-21-8-3-2-7-19(21)25/h2-10,22H,11,13,27H2,1H3/t22-/m1/s1. The highest BCUT2D eigenvalue weighted by molar-refractivity contribution is 6.32. The van der Waals surface area contributed by atoms with Gasteiger partial charge in [-0.1, -0.05) is 48.0 Å². The highest BCUT2D eigenvalue weighted by Crippen LogP contribution is 2.38. The van der Waals surface area contributed by atoms with Gasteiger partial charge < -0.3 is 14.9 Å². The third kappa shape index (κ3) is 3.70. The highest BCUT2D eigenvalue weighted by Gasteiger charge is 2.32. The molecule has 0 bridgehead atoms. The topological polar surface area (TPSA) is 89.2 Å². The van der Waals surface area contributed by atoms with Crippen LogP contribution >= 0.6 is 11.6 Å². The minimum atomic E-state index is -0.573. The molecule has 0 aliphatic heterocycles. The number of nitriles is 1. The van der Waals surface area contributed by atoms with Gasteiger partial charge in [-0.2, -0.15) is 5.26 Å². The molecule has 0 saturated heterocycles. The second-order valence-electron chi connectivity index (χ2n) is 7.21. The van der Waals surface area contributed by atoms with Crippen LogP contribution in [0, 0.1) is 18.3 Å². The zero-order valence-electron chi connectivity index (χ0n) is 16.3. The van der Waals surface area contributed by atoms with Crippen LogP contribution in [0.25, 0.3) is 0 Å². The van der Waals surface area contributed by atoms with Crippen molar-refractivity contribution in [3.8, 4) is 11.8 Å². The Bertz CT molecular complexity index is 1250. The Kier molecular flexibility index (Phi) is 5.35. The third-order valence-electron chi connectivity index (χ3n) is 5.14. The van der Waals surface area contributed by atoms with Crippen LogP contribution in [0.3, 0.4) is 0 Å². The Morgan fingerprint density at radius 2 is 2.03 bits per heavy atom. The number of nitrogens with zero attached hydrogens (tertiary/aromatic N) is 1. The van der Waals surface area contributed by atoms with E-state index < -0.39 is 11.5 Å². The molecule has 0 fully saturated rings. The number of benzene rings is 2. The summed E-state index contributed by atoms with van der Waals surface area (Å²) in [7, 11) is 0. The lowest BCUT2D eigenvalue weighted by Gasteiger charge is -2.26. The van der Waals surface area contributed by atoms with E-state index >= 15 is 0 Å². The van der Waals surface area contributed by atoms with Crippen LogP contribution in [0.5, 0.6) is 5.75 Å². The summed E-state index contributed by atoms with van der Waals surface area (Å²) in [4.78, 5) is 12.7. The van der Waals surface area contributed by atoms with E-state index in [1.807, 2.05) is 42.5 Å². The van der Waals surface area contributed by atoms with E-state index in [9.17, 15) is 10.1 Å². The van der Waals surface area contributed by atoms with Crippen molar-refractivity contribution in [2.75, 3.05) is 0 Å². The van der Waals surface area contributed by atoms with E-state index in [2.05, 4.69) is 6.07 Å². The molecule has 1 aromatic heterocycles. The molecule has 4 rings (SSSR count). The molecule has 1 aliphatic rings. The largest absolute Gasteiger partial charge is 0.487 e. The first-order valence-corrected chi connectivity index (χ1v) is 9.84. The van der Waals surface area contributed by atoms with E-state index in [4.69, 9.17) is 26.5 Å². The van der Waals surface area contributed by atoms with Crippen molar-refractivity contribution in [1.82, 2.24) is 0 Å². The first-order valence-electron chi connectivity index (χ1n) is 9.46. The van der Waals surface area contributed by atoms with Gasteiger partial charge in [0, 0.05) is 12.1 Å². The van der Waals surface area contributed by atoms with Crippen LogP contribution in [0.2, 0.25) is 5.02 Å². The summed E-state index contributed by atoms with van der Waals surface area (Å²) >= 11 is 6.16. The van der Waals surface area contributed by atoms with Crippen molar-refractivity contribution in [2.45, 2.75) is 25.9 Å². The van der Waals surface area contributed by atoms with Gasteiger partial charge in [0.1, 0.15) is 18.1 Å². The van der Waals surface area contributed by atoms with Crippen molar-refractivity contribution in [3.63, 3.8) is 0 Å². The van der Waals surface area contributed by atoms with Gasteiger partial charge in [-0.05, 0) is 41.8 Å². The number of hydrogen-bond acceptors (Lipinski definition) is 5. The SMILES string of the molecule is Cc1cc2c(c(=O)o1)[C@H](c1cccc(COc3ccccc3Cl)c1)C(C#N)=C(N)C2. The third-order valence-corrected chi connectivity index (χ3v) is 5.45. The number of rotatable bonds is 4. The van der Waals surface area contributed by atoms with Crippen LogP contribution in [0.1, 0.15) is 33.9 Å². The molecule has 2 N–H and O–H groups in total. The fourth-order valence-electron chi connectivity index (χ4n) is 3.82. The summed E-state index contributed by atoms with van der Waals surface area (Å²) in [5.74, 6) is 0.536. The van der Waals surface area contributed by atoms with Gasteiger partial charge >= 0.3 is 5.63 Å². The fraction of sp³-hybridized carbons (Fsp3) is 0.167. The van der Waals surface area contributed by atoms with E-state index in [0.29, 0.717) is 46.4 Å². The van der Waals surface area contributed by atoms with Crippen LogP contribution in [-0.4, -0.2) is 0 Å². The second-order valence-corrected chi connectivity index (χ2v) is 7.62.